The Morgan fingerprint density at radius 3 is 2.65 bits per heavy atom. The summed E-state index contributed by atoms with van der Waals surface area (Å²) in [5, 5.41) is 13.8. The zero-order chi connectivity index (χ0) is 21.9. The van der Waals surface area contributed by atoms with Crippen LogP contribution in [0.15, 0.2) is 29.1 Å². The lowest BCUT2D eigenvalue weighted by molar-refractivity contribution is 0.0697. The number of aromatic hydroxyl groups is 1. The van der Waals surface area contributed by atoms with Crippen LogP contribution in [0.2, 0.25) is 0 Å². The molecule has 1 aromatic carbocycles. The van der Waals surface area contributed by atoms with Gasteiger partial charge >= 0.3 is 0 Å². The van der Waals surface area contributed by atoms with Gasteiger partial charge in [-0.05, 0) is 49.3 Å². The van der Waals surface area contributed by atoms with Gasteiger partial charge in [-0.25, -0.2) is 4.39 Å². The molecule has 2 aromatic rings. The molecule has 162 valence electrons. The maximum atomic E-state index is 13.3. The Kier molecular flexibility index (Phi) is 4.42. The summed E-state index contributed by atoms with van der Waals surface area (Å²) in [4.78, 5) is 41.0. The molecule has 0 saturated heterocycles. The molecule has 31 heavy (non-hydrogen) atoms. The van der Waals surface area contributed by atoms with Crippen LogP contribution < -0.4 is 10.9 Å². The number of fused-ring (bicyclic) bond motifs is 4. The van der Waals surface area contributed by atoms with Gasteiger partial charge in [0.25, 0.3) is 17.4 Å². The number of aromatic nitrogens is 1. The highest BCUT2D eigenvalue weighted by Crippen LogP contribution is 2.43. The van der Waals surface area contributed by atoms with Crippen LogP contribution >= 0.6 is 0 Å². The Morgan fingerprint density at radius 1 is 1.19 bits per heavy atom. The molecule has 1 aromatic heterocycles. The summed E-state index contributed by atoms with van der Waals surface area (Å²) in [6, 6.07) is 5.83. The van der Waals surface area contributed by atoms with Gasteiger partial charge in [-0.3, -0.25) is 19.0 Å². The van der Waals surface area contributed by atoms with Crippen LogP contribution in [0.4, 0.5) is 4.39 Å². The SMILES string of the molecule is CC1CCCCC12NC(=O)c1c3c(c(O)c(=O)n12)C(=O)N(Cc1ccc(F)cc1)CC3. The van der Waals surface area contributed by atoms with E-state index in [4.69, 9.17) is 0 Å². The number of carbonyl (C=O) groups excluding carboxylic acids is 2. The second kappa shape index (κ2) is 6.93. The van der Waals surface area contributed by atoms with Crippen LogP contribution in [0, 0.1) is 11.7 Å². The summed E-state index contributed by atoms with van der Waals surface area (Å²) < 4.78 is 14.6. The van der Waals surface area contributed by atoms with Crippen molar-refractivity contribution in [3.05, 3.63) is 62.8 Å². The summed E-state index contributed by atoms with van der Waals surface area (Å²) in [5.41, 5.74) is -0.241. The van der Waals surface area contributed by atoms with E-state index < -0.39 is 22.9 Å². The summed E-state index contributed by atoms with van der Waals surface area (Å²) in [6.07, 6.45) is 3.74. The second-order valence-corrected chi connectivity index (χ2v) is 8.82. The van der Waals surface area contributed by atoms with E-state index in [1.54, 1.807) is 12.1 Å². The first-order valence-corrected chi connectivity index (χ1v) is 10.7. The average Bonchev–Trinajstić information content (AvgIpc) is 3.04. The Morgan fingerprint density at radius 2 is 1.94 bits per heavy atom. The number of benzene rings is 1. The number of rotatable bonds is 2. The van der Waals surface area contributed by atoms with Crippen LogP contribution in [0.5, 0.6) is 5.75 Å². The first-order chi connectivity index (χ1) is 14.8. The zero-order valence-electron chi connectivity index (χ0n) is 17.3. The van der Waals surface area contributed by atoms with E-state index in [1.165, 1.54) is 21.6 Å². The van der Waals surface area contributed by atoms with Gasteiger partial charge in [-0.1, -0.05) is 25.5 Å². The quantitative estimate of drug-likeness (QED) is 0.774. The fourth-order valence-corrected chi connectivity index (χ4v) is 5.43. The number of nitrogens with zero attached hydrogens (tertiary/aromatic N) is 2. The first kappa shape index (κ1) is 19.8. The molecule has 1 fully saturated rings. The first-order valence-electron chi connectivity index (χ1n) is 10.7. The van der Waals surface area contributed by atoms with Crippen molar-refractivity contribution in [2.75, 3.05) is 6.54 Å². The predicted octanol–water partition coefficient (Wildman–Crippen LogP) is 2.50. The van der Waals surface area contributed by atoms with E-state index in [2.05, 4.69) is 5.32 Å². The normalized spacial score (nSPS) is 24.8. The van der Waals surface area contributed by atoms with Crippen molar-refractivity contribution in [3.63, 3.8) is 0 Å². The molecule has 1 spiro atoms. The van der Waals surface area contributed by atoms with Crippen molar-refractivity contribution in [3.8, 4) is 5.75 Å². The number of hydrogen-bond acceptors (Lipinski definition) is 4. The van der Waals surface area contributed by atoms with Crippen LogP contribution in [0.25, 0.3) is 0 Å². The summed E-state index contributed by atoms with van der Waals surface area (Å²) >= 11 is 0. The van der Waals surface area contributed by atoms with E-state index in [0.717, 1.165) is 24.8 Å². The molecule has 2 atom stereocenters. The van der Waals surface area contributed by atoms with E-state index in [-0.39, 0.29) is 35.4 Å². The van der Waals surface area contributed by atoms with Gasteiger partial charge in [0, 0.05) is 18.7 Å². The standard InChI is InChI=1S/C23H24FN3O4/c1-13-4-2-3-10-23(13)25-20(29)18-16-9-11-26(12-14-5-7-15(24)8-6-14)21(30)17(16)19(28)22(31)27(18)23/h5-8,13,28H,2-4,9-12H2,1H3,(H,25,29). The molecular weight excluding hydrogens is 401 g/mol. The number of carbonyl (C=O) groups is 2. The zero-order valence-corrected chi connectivity index (χ0v) is 17.3. The van der Waals surface area contributed by atoms with E-state index in [9.17, 15) is 23.9 Å². The molecule has 1 saturated carbocycles. The van der Waals surface area contributed by atoms with E-state index in [0.29, 0.717) is 24.9 Å². The third kappa shape index (κ3) is 2.80. The van der Waals surface area contributed by atoms with Gasteiger partial charge in [0.2, 0.25) is 0 Å². The molecule has 2 aliphatic heterocycles. The molecule has 5 rings (SSSR count). The lowest BCUT2D eigenvalue weighted by Gasteiger charge is -2.41. The maximum Gasteiger partial charge on any atom is 0.296 e. The van der Waals surface area contributed by atoms with Gasteiger partial charge in [-0.15, -0.1) is 0 Å². The van der Waals surface area contributed by atoms with Crippen LogP contribution in [0.1, 0.15) is 64.6 Å². The van der Waals surface area contributed by atoms with Crippen LogP contribution in [-0.4, -0.2) is 32.9 Å². The highest BCUT2D eigenvalue weighted by Gasteiger charge is 2.51. The Balaban J connectivity index is 1.59. The van der Waals surface area contributed by atoms with Crippen molar-refractivity contribution in [2.24, 2.45) is 5.92 Å². The topological polar surface area (TPSA) is 91.6 Å². The van der Waals surface area contributed by atoms with Crippen molar-refractivity contribution in [1.29, 1.82) is 0 Å². The Hall–Kier alpha value is -3.16. The lowest BCUT2D eigenvalue weighted by atomic mass is 9.80. The molecule has 8 heteroatoms. The molecule has 7 nitrogen and oxygen atoms in total. The number of pyridine rings is 1. The molecule has 3 aliphatic rings. The molecular formula is C23H24FN3O4. The summed E-state index contributed by atoms with van der Waals surface area (Å²) in [5.74, 6) is -1.77. The molecule has 2 N–H and O–H groups in total. The molecule has 2 unspecified atom stereocenters. The van der Waals surface area contributed by atoms with Gasteiger partial charge in [0.1, 0.15) is 17.2 Å². The minimum atomic E-state index is -0.845. The number of amides is 2. The highest BCUT2D eigenvalue weighted by atomic mass is 19.1. The van der Waals surface area contributed by atoms with Crippen LogP contribution in [0.3, 0.4) is 0 Å². The van der Waals surface area contributed by atoms with Gasteiger partial charge in [-0.2, -0.15) is 0 Å². The average molecular weight is 425 g/mol. The number of halogens is 1. The second-order valence-electron chi connectivity index (χ2n) is 8.82. The van der Waals surface area contributed by atoms with Crippen molar-refractivity contribution in [2.45, 2.75) is 51.2 Å². The minimum Gasteiger partial charge on any atom is -0.502 e. The minimum absolute atomic E-state index is 0.0378. The van der Waals surface area contributed by atoms with Crippen molar-refractivity contribution < 1.29 is 19.1 Å². The number of hydrogen-bond donors (Lipinski definition) is 2. The predicted molar refractivity (Wildman–Crippen MR) is 110 cm³/mol. The largest absolute Gasteiger partial charge is 0.502 e. The van der Waals surface area contributed by atoms with Gasteiger partial charge in [0.05, 0.1) is 5.56 Å². The molecule has 0 radical (unpaired) electrons. The van der Waals surface area contributed by atoms with E-state index >= 15 is 0 Å². The molecule has 3 heterocycles. The highest BCUT2D eigenvalue weighted by molar-refractivity contribution is 6.05. The fraction of sp³-hybridized carbons (Fsp3) is 0.435. The van der Waals surface area contributed by atoms with Crippen molar-refractivity contribution in [1.82, 2.24) is 14.8 Å². The van der Waals surface area contributed by atoms with Crippen LogP contribution in [-0.2, 0) is 18.6 Å². The number of nitrogens with one attached hydrogen (secondary N) is 1. The molecule has 0 bridgehead atoms. The smallest absolute Gasteiger partial charge is 0.296 e. The Bertz CT molecular complexity index is 1160. The summed E-state index contributed by atoms with van der Waals surface area (Å²) in [6.45, 7) is 2.57. The Labute approximate surface area is 178 Å². The molecule has 1 aliphatic carbocycles. The maximum absolute atomic E-state index is 13.3. The summed E-state index contributed by atoms with van der Waals surface area (Å²) in [7, 11) is 0. The third-order valence-electron chi connectivity index (χ3n) is 7.08. The van der Waals surface area contributed by atoms with Gasteiger partial charge in [0.15, 0.2) is 5.75 Å². The van der Waals surface area contributed by atoms with E-state index in [1.807, 2.05) is 6.92 Å². The third-order valence-corrected chi connectivity index (χ3v) is 7.08. The monoisotopic (exact) mass is 425 g/mol. The molecule has 2 amide bonds. The fourth-order valence-electron chi connectivity index (χ4n) is 5.43. The van der Waals surface area contributed by atoms with Gasteiger partial charge < -0.3 is 15.3 Å². The lowest BCUT2D eigenvalue weighted by Crippen LogP contribution is -2.53. The van der Waals surface area contributed by atoms with Crippen molar-refractivity contribution >= 4 is 11.8 Å².